The number of carbonyl (C=O) groups excluding carboxylic acids is 1. The van der Waals surface area contributed by atoms with E-state index in [1.54, 1.807) is 0 Å². The molecule has 0 aliphatic heterocycles. The summed E-state index contributed by atoms with van der Waals surface area (Å²) in [6, 6.07) is 5.57. The molecule has 0 bridgehead atoms. The van der Waals surface area contributed by atoms with E-state index in [-0.39, 0.29) is 22.9 Å². The number of alkyl halides is 3. The smallest absolute Gasteiger partial charge is 0.345 e. The van der Waals surface area contributed by atoms with Gasteiger partial charge in [0.05, 0.1) is 11.3 Å². The van der Waals surface area contributed by atoms with Gasteiger partial charge in [-0.25, -0.2) is 13.1 Å². The van der Waals surface area contributed by atoms with Gasteiger partial charge >= 0.3 is 6.18 Å². The van der Waals surface area contributed by atoms with Gasteiger partial charge in [-0.1, -0.05) is 17.7 Å². The third-order valence-corrected chi connectivity index (χ3v) is 4.59. The third-order valence-electron chi connectivity index (χ3n) is 2.89. The predicted molar refractivity (Wildman–Crippen MR) is 79.6 cm³/mol. The normalized spacial score (nSPS) is 12.2. The topological polar surface area (TPSA) is 66.5 Å². The first-order valence-corrected chi connectivity index (χ1v) is 8.43. The van der Waals surface area contributed by atoms with E-state index in [2.05, 4.69) is 4.72 Å². The van der Waals surface area contributed by atoms with Crippen molar-refractivity contribution in [2.75, 3.05) is 20.1 Å². The number of carbonyl (C=O) groups is 1. The molecule has 10 heteroatoms. The molecule has 1 N–H and O–H groups in total. The van der Waals surface area contributed by atoms with E-state index in [0.717, 1.165) is 4.90 Å². The van der Waals surface area contributed by atoms with E-state index < -0.39 is 35.1 Å². The van der Waals surface area contributed by atoms with Gasteiger partial charge in [0.2, 0.25) is 15.9 Å². The first-order valence-electron chi connectivity index (χ1n) is 6.57. The summed E-state index contributed by atoms with van der Waals surface area (Å²) < 4.78 is 62.3. The molecule has 0 saturated heterocycles. The van der Waals surface area contributed by atoms with Gasteiger partial charge in [-0.2, -0.15) is 13.2 Å². The maximum Gasteiger partial charge on any atom is 0.390 e. The average molecular weight is 373 g/mol. The van der Waals surface area contributed by atoms with Crippen molar-refractivity contribution < 1.29 is 26.4 Å². The molecule has 130 valence electrons. The first-order chi connectivity index (χ1) is 10.5. The minimum absolute atomic E-state index is 0.0529. The Morgan fingerprint density at radius 3 is 2.57 bits per heavy atom. The molecule has 0 aliphatic rings. The van der Waals surface area contributed by atoms with Crippen molar-refractivity contribution in [3.8, 4) is 0 Å². The largest absolute Gasteiger partial charge is 0.390 e. The quantitative estimate of drug-likeness (QED) is 0.799. The standard InChI is InChI=1S/C13H16ClF3N2O3S/c1-19(8-6-13(15,16)17)12(20)5-7-18-23(21,22)11-4-2-3-10(14)9-11/h2-4,9,18H,5-8H2,1H3. The molecule has 0 atom stereocenters. The van der Waals surface area contributed by atoms with Crippen molar-refractivity contribution in [3.63, 3.8) is 0 Å². The fourth-order valence-corrected chi connectivity index (χ4v) is 2.95. The molecule has 23 heavy (non-hydrogen) atoms. The van der Waals surface area contributed by atoms with Gasteiger partial charge in [-0.15, -0.1) is 0 Å². The van der Waals surface area contributed by atoms with Gasteiger partial charge in [0.25, 0.3) is 0 Å². The van der Waals surface area contributed by atoms with Gasteiger partial charge < -0.3 is 4.90 Å². The zero-order valence-electron chi connectivity index (χ0n) is 12.2. The minimum atomic E-state index is -4.34. The number of sulfonamides is 1. The van der Waals surface area contributed by atoms with Gasteiger partial charge in [0.1, 0.15) is 0 Å². The molecule has 0 fully saturated rings. The second kappa shape index (κ2) is 7.98. The number of benzene rings is 1. The van der Waals surface area contributed by atoms with Crippen molar-refractivity contribution in [3.05, 3.63) is 29.3 Å². The Kier molecular flexibility index (Phi) is 6.84. The zero-order chi connectivity index (χ0) is 17.7. The number of hydrogen-bond acceptors (Lipinski definition) is 3. The lowest BCUT2D eigenvalue weighted by Crippen LogP contribution is -2.34. The van der Waals surface area contributed by atoms with Gasteiger partial charge in [0.15, 0.2) is 0 Å². The summed E-state index contributed by atoms with van der Waals surface area (Å²) in [5.41, 5.74) is 0. The van der Waals surface area contributed by atoms with E-state index >= 15 is 0 Å². The van der Waals surface area contributed by atoms with Crippen LogP contribution in [-0.4, -0.2) is 45.5 Å². The summed E-state index contributed by atoms with van der Waals surface area (Å²) in [5.74, 6) is -0.581. The number of rotatable bonds is 7. The van der Waals surface area contributed by atoms with Crippen LogP contribution in [-0.2, 0) is 14.8 Å². The number of amides is 1. The van der Waals surface area contributed by atoms with Crippen molar-refractivity contribution in [2.24, 2.45) is 0 Å². The van der Waals surface area contributed by atoms with Crippen LogP contribution >= 0.6 is 11.6 Å². The Morgan fingerprint density at radius 1 is 1.35 bits per heavy atom. The van der Waals surface area contributed by atoms with Crippen molar-refractivity contribution in [2.45, 2.75) is 23.9 Å². The second-order valence-electron chi connectivity index (χ2n) is 4.79. The highest BCUT2D eigenvalue weighted by atomic mass is 35.5. The number of hydrogen-bond donors (Lipinski definition) is 1. The molecule has 0 spiro atoms. The summed E-state index contributed by atoms with van der Waals surface area (Å²) in [4.78, 5) is 12.5. The van der Waals surface area contributed by atoms with Gasteiger partial charge in [-0.3, -0.25) is 4.79 Å². The van der Waals surface area contributed by atoms with Crippen LogP contribution < -0.4 is 4.72 Å². The van der Waals surface area contributed by atoms with Crippen LogP contribution in [0.1, 0.15) is 12.8 Å². The van der Waals surface area contributed by atoms with E-state index in [1.807, 2.05) is 0 Å². The summed E-state index contributed by atoms with van der Waals surface area (Å²) in [5, 5.41) is 0.246. The van der Waals surface area contributed by atoms with Crippen LogP contribution in [0.5, 0.6) is 0 Å². The lowest BCUT2D eigenvalue weighted by atomic mass is 10.3. The van der Waals surface area contributed by atoms with Gasteiger partial charge in [-0.05, 0) is 18.2 Å². The molecule has 1 aromatic rings. The summed E-state index contributed by atoms with van der Waals surface area (Å²) in [6.45, 7) is -0.687. The molecular weight excluding hydrogens is 357 g/mol. The zero-order valence-corrected chi connectivity index (χ0v) is 13.8. The lowest BCUT2D eigenvalue weighted by molar-refractivity contribution is -0.143. The maximum atomic E-state index is 12.1. The van der Waals surface area contributed by atoms with Crippen LogP contribution in [0.25, 0.3) is 0 Å². The molecule has 0 aliphatic carbocycles. The average Bonchev–Trinajstić information content (AvgIpc) is 2.43. The minimum Gasteiger partial charge on any atom is -0.345 e. The molecule has 1 amide bonds. The highest BCUT2D eigenvalue weighted by Crippen LogP contribution is 2.19. The fourth-order valence-electron chi connectivity index (χ4n) is 1.62. The number of nitrogens with zero attached hydrogens (tertiary/aromatic N) is 1. The molecule has 0 saturated carbocycles. The first kappa shape index (κ1) is 19.7. The number of halogens is 4. The molecule has 1 aromatic carbocycles. The summed E-state index contributed by atoms with van der Waals surface area (Å²) in [6.07, 6.45) is -5.69. The third kappa shape index (κ3) is 7.19. The number of nitrogens with one attached hydrogen (secondary N) is 1. The fraction of sp³-hybridized carbons (Fsp3) is 0.462. The molecule has 0 heterocycles. The van der Waals surface area contributed by atoms with E-state index in [4.69, 9.17) is 11.6 Å². The van der Waals surface area contributed by atoms with Crippen LogP contribution in [0, 0.1) is 0 Å². The van der Waals surface area contributed by atoms with E-state index in [1.165, 1.54) is 31.3 Å². The Bertz CT molecular complexity index is 650. The van der Waals surface area contributed by atoms with Crippen LogP contribution in [0.3, 0.4) is 0 Å². The Labute approximate surface area is 137 Å². The van der Waals surface area contributed by atoms with E-state index in [0.29, 0.717) is 0 Å². The molecule has 5 nitrogen and oxygen atoms in total. The Hall–Kier alpha value is -1.32. The highest BCUT2D eigenvalue weighted by molar-refractivity contribution is 7.89. The van der Waals surface area contributed by atoms with Crippen LogP contribution in [0.4, 0.5) is 13.2 Å². The van der Waals surface area contributed by atoms with Crippen molar-refractivity contribution in [1.82, 2.24) is 9.62 Å². The molecule has 0 aromatic heterocycles. The Morgan fingerprint density at radius 2 is 2.00 bits per heavy atom. The van der Waals surface area contributed by atoms with Crippen LogP contribution in [0.2, 0.25) is 5.02 Å². The summed E-state index contributed by atoms with van der Waals surface area (Å²) >= 11 is 5.70. The molecule has 0 unspecified atom stereocenters. The molecule has 0 radical (unpaired) electrons. The van der Waals surface area contributed by atoms with Gasteiger partial charge in [0, 0.05) is 31.6 Å². The second-order valence-corrected chi connectivity index (χ2v) is 6.99. The molecule has 1 rings (SSSR count). The predicted octanol–water partition coefficient (Wildman–Crippen LogP) is 2.42. The monoisotopic (exact) mass is 372 g/mol. The van der Waals surface area contributed by atoms with Crippen LogP contribution in [0.15, 0.2) is 29.2 Å². The van der Waals surface area contributed by atoms with Crippen molar-refractivity contribution >= 4 is 27.5 Å². The maximum absolute atomic E-state index is 12.1. The highest BCUT2D eigenvalue weighted by Gasteiger charge is 2.28. The SMILES string of the molecule is CN(CCC(F)(F)F)C(=O)CCNS(=O)(=O)c1cccc(Cl)c1. The molecular formula is C13H16ClF3N2O3S. The van der Waals surface area contributed by atoms with E-state index in [9.17, 15) is 26.4 Å². The summed E-state index contributed by atoms with van der Waals surface area (Å²) in [7, 11) is -2.59. The lowest BCUT2D eigenvalue weighted by Gasteiger charge is -2.18. The Balaban J connectivity index is 2.48. The van der Waals surface area contributed by atoms with Crippen molar-refractivity contribution in [1.29, 1.82) is 0 Å².